The molecule has 166 valence electrons. The highest BCUT2D eigenvalue weighted by Gasteiger charge is 2.16. The fourth-order valence-corrected chi connectivity index (χ4v) is 4.20. The van der Waals surface area contributed by atoms with Crippen molar-refractivity contribution < 1.29 is 23.4 Å². The number of nitrogens with zero attached hydrogens (tertiary/aromatic N) is 1. The van der Waals surface area contributed by atoms with E-state index in [1.807, 2.05) is 12.1 Å². The molecule has 0 aliphatic heterocycles. The van der Waals surface area contributed by atoms with E-state index >= 15 is 0 Å². The van der Waals surface area contributed by atoms with Crippen molar-refractivity contribution in [3.8, 4) is 17.2 Å². The monoisotopic (exact) mass is 444 g/mol. The minimum atomic E-state index is -0.0962. The number of hydrogen-bond donors (Lipinski definition) is 1. The Morgan fingerprint density at radius 2 is 1.81 bits per heavy atom. The third-order valence-corrected chi connectivity index (χ3v) is 5.72. The molecule has 1 amide bonds. The van der Waals surface area contributed by atoms with Crippen LogP contribution in [0.25, 0.3) is 0 Å². The third kappa shape index (κ3) is 6.26. The zero-order chi connectivity index (χ0) is 22.2. The number of aryl methyl sites for hydroxylation is 1. The number of hydrogen-bond acceptors (Lipinski definition) is 7. The number of ether oxygens (including phenoxy) is 3. The Labute approximate surface area is 186 Å². The Bertz CT molecular complexity index is 959. The van der Waals surface area contributed by atoms with Crippen molar-refractivity contribution in [2.45, 2.75) is 26.4 Å². The number of rotatable bonds is 11. The molecule has 31 heavy (non-hydrogen) atoms. The number of nitrogens with one attached hydrogen (secondary N) is 1. The van der Waals surface area contributed by atoms with E-state index in [1.54, 1.807) is 51.1 Å². The normalized spacial score (nSPS) is 10.9. The van der Waals surface area contributed by atoms with Crippen molar-refractivity contribution in [1.82, 2.24) is 4.90 Å². The fourth-order valence-electron chi connectivity index (χ4n) is 3.26. The first-order chi connectivity index (χ1) is 15.0. The summed E-state index contributed by atoms with van der Waals surface area (Å²) in [5.41, 5.74) is 0.589. The SMILES string of the molecule is COc1cc(NC(=O)CCN(Cc2ccco2)Cc2ccc(C)s2)cc(OC)c1OC. The summed E-state index contributed by atoms with van der Waals surface area (Å²) in [4.78, 5) is 17.4. The maximum absolute atomic E-state index is 12.7. The van der Waals surface area contributed by atoms with Gasteiger partial charge in [-0.05, 0) is 31.2 Å². The van der Waals surface area contributed by atoms with Gasteiger partial charge >= 0.3 is 0 Å². The molecule has 0 bridgehead atoms. The largest absolute Gasteiger partial charge is 0.493 e. The van der Waals surface area contributed by atoms with Crippen molar-refractivity contribution in [1.29, 1.82) is 0 Å². The average molecular weight is 445 g/mol. The number of furan rings is 1. The molecule has 2 heterocycles. The Morgan fingerprint density at radius 3 is 2.35 bits per heavy atom. The van der Waals surface area contributed by atoms with Gasteiger partial charge in [-0.25, -0.2) is 0 Å². The second kappa shape index (κ2) is 10.9. The second-order valence-electron chi connectivity index (χ2n) is 7.01. The highest BCUT2D eigenvalue weighted by molar-refractivity contribution is 7.11. The van der Waals surface area contributed by atoms with Gasteiger partial charge in [0, 0.05) is 47.1 Å². The van der Waals surface area contributed by atoms with Crippen LogP contribution in [-0.2, 0) is 17.9 Å². The Kier molecular flexibility index (Phi) is 7.97. The molecule has 7 nitrogen and oxygen atoms in total. The van der Waals surface area contributed by atoms with Crippen LogP contribution in [0.15, 0.2) is 47.1 Å². The highest BCUT2D eigenvalue weighted by atomic mass is 32.1. The van der Waals surface area contributed by atoms with Gasteiger partial charge in [0.2, 0.25) is 11.7 Å². The van der Waals surface area contributed by atoms with Gasteiger partial charge in [0.15, 0.2) is 11.5 Å². The van der Waals surface area contributed by atoms with E-state index in [0.717, 1.165) is 12.3 Å². The maximum Gasteiger partial charge on any atom is 0.225 e. The average Bonchev–Trinajstić information content (AvgIpc) is 3.42. The van der Waals surface area contributed by atoms with Crippen LogP contribution >= 0.6 is 11.3 Å². The number of amides is 1. The number of thiophene rings is 1. The molecule has 0 atom stereocenters. The lowest BCUT2D eigenvalue weighted by Gasteiger charge is -2.20. The van der Waals surface area contributed by atoms with Crippen LogP contribution in [-0.4, -0.2) is 38.7 Å². The van der Waals surface area contributed by atoms with Crippen molar-refractivity contribution in [2.24, 2.45) is 0 Å². The van der Waals surface area contributed by atoms with Crippen LogP contribution in [0.2, 0.25) is 0 Å². The molecular weight excluding hydrogens is 416 g/mol. The topological polar surface area (TPSA) is 73.2 Å². The van der Waals surface area contributed by atoms with Gasteiger partial charge in [-0.15, -0.1) is 11.3 Å². The van der Waals surface area contributed by atoms with Crippen molar-refractivity contribution in [2.75, 3.05) is 33.2 Å². The van der Waals surface area contributed by atoms with E-state index in [4.69, 9.17) is 18.6 Å². The molecule has 0 aliphatic carbocycles. The molecule has 2 aromatic heterocycles. The summed E-state index contributed by atoms with van der Waals surface area (Å²) in [7, 11) is 4.63. The number of carbonyl (C=O) groups excluding carboxylic acids is 1. The summed E-state index contributed by atoms with van der Waals surface area (Å²) >= 11 is 1.76. The Hall–Kier alpha value is -2.97. The van der Waals surface area contributed by atoms with Gasteiger partial charge in [-0.1, -0.05) is 0 Å². The van der Waals surface area contributed by atoms with E-state index in [9.17, 15) is 4.79 Å². The molecule has 3 rings (SSSR count). The van der Waals surface area contributed by atoms with Crippen molar-refractivity contribution in [3.05, 3.63) is 58.2 Å². The quantitative estimate of drug-likeness (QED) is 0.462. The highest BCUT2D eigenvalue weighted by Crippen LogP contribution is 2.39. The molecule has 1 N–H and O–H groups in total. The van der Waals surface area contributed by atoms with Gasteiger partial charge in [0.05, 0.1) is 34.1 Å². The molecule has 0 saturated carbocycles. The number of anilines is 1. The molecule has 0 fully saturated rings. The summed E-state index contributed by atoms with van der Waals surface area (Å²) < 4.78 is 21.5. The standard InChI is InChI=1S/C23H28N2O5S/c1-16-7-8-19(31-16)15-25(14-18-6-5-11-30-18)10-9-22(26)24-17-12-20(27-2)23(29-4)21(13-17)28-3/h5-8,11-13H,9-10,14-15H2,1-4H3,(H,24,26). The zero-order valence-corrected chi connectivity index (χ0v) is 19.1. The number of benzene rings is 1. The molecule has 0 saturated heterocycles. The molecule has 8 heteroatoms. The van der Waals surface area contributed by atoms with E-state index in [1.165, 1.54) is 9.75 Å². The fraction of sp³-hybridized carbons (Fsp3) is 0.348. The van der Waals surface area contributed by atoms with E-state index in [2.05, 4.69) is 29.3 Å². The number of methoxy groups -OCH3 is 3. The van der Waals surface area contributed by atoms with Crippen LogP contribution in [0.4, 0.5) is 5.69 Å². The molecule has 1 aromatic carbocycles. The first-order valence-electron chi connectivity index (χ1n) is 9.92. The predicted octanol–water partition coefficient (Wildman–Crippen LogP) is 4.71. The molecular formula is C23H28N2O5S. The maximum atomic E-state index is 12.7. The number of carbonyl (C=O) groups is 1. The molecule has 0 radical (unpaired) electrons. The smallest absolute Gasteiger partial charge is 0.225 e. The van der Waals surface area contributed by atoms with Crippen LogP contribution in [0.5, 0.6) is 17.2 Å². The van der Waals surface area contributed by atoms with Gasteiger partial charge in [0.25, 0.3) is 0 Å². The Morgan fingerprint density at radius 1 is 1.06 bits per heavy atom. The van der Waals surface area contributed by atoms with E-state index in [0.29, 0.717) is 42.4 Å². The predicted molar refractivity (Wildman–Crippen MR) is 121 cm³/mol. The lowest BCUT2D eigenvalue weighted by Crippen LogP contribution is -2.27. The van der Waals surface area contributed by atoms with E-state index < -0.39 is 0 Å². The molecule has 0 unspecified atom stereocenters. The minimum Gasteiger partial charge on any atom is -0.493 e. The summed E-state index contributed by atoms with van der Waals surface area (Å²) in [5, 5.41) is 2.92. The third-order valence-electron chi connectivity index (χ3n) is 4.74. The summed E-state index contributed by atoms with van der Waals surface area (Å²) in [6.45, 7) is 4.09. The molecule has 0 aliphatic rings. The van der Waals surface area contributed by atoms with Crippen molar-refractivity contribution in [3.63, 3.8) is 0 Å². The van der Waals surface area contributed by atoms with Crippen LogP contribution < -0.4 is 19.5 Å². The van der Waals surface area contributed by atoms with Crippen LogP contribution in [0, 0.1) is 6.92 Å². The van der Waals surface area contributed by atoms with Crippen LogP contribution in [0.3, 0.4) is 0 Å². The van der Waals surface area contributed by atoms with Gasteiger partial charge in [0.1, 0.15) is 5.76 Å². The lowest BCUT2D eigenvalue weighted by atomic mass is 10.2. The van der Waals surface area contributed by atoms with E-state index in [-0.39, 0.29) is 5.91 Å². The zero-order valence-electron chi connectivity index (χ0n) is 18.3. The van der Waals surface area contributed by atoms with Gasteiger partial charge in [-0.2, -0.15) is 0 Å². The summed E-state index contributed by atoms with van der Waals surface area (Å²) in [5.74, 6) is 2.24. The first kappa shape index (κ1) is 22.7. The second-order valence-corrected chi connectivity index (χ2v) is 8.39. The first-order valence-corrected chi connectivity index (χ1v) is 10.7. The van der Waals surface area contributed by atoms with Crippen LogP contribution in [0.1, 0.15) is 21.9 Å². The molecule has 0 spiro atoms. The lowest BCUT2D eigenvalue weighted by molar-refractivity contribution is -0.116. The summed E-state index contributed by atoms with van der Waals surface area (Å²) in [6.07, 6.45) is 2.00. The Balaban J connectivity index is 1.64. The van der Waals surface area contributed by atoms with Gasteiger partial charge < -0.3 is 23.9 Å². The summed E-state index contributed by atoms with van der Waals surface area (Å²) in [6, 6.07) is 11.5. The molecule has 3 aromatic rings. The van der Waals surface area contributed by atoms with Gasteiger partial charge in [-0.3, -0.25) is 9.69 Å². The minimum absolute atomic E-state index is 0.0962. The van der Waals surface area contributed by atoms with Crippen molar-refractivity contribution >= 4 is 22.9 Å².